The highest BCUT2D eigenvalue weighted by molar-refractivity contribution is 5.81. The van der Waals surface area contributed by atoms with Gasteiger partial charge in [0.2, 0.25) is 0 Å². The van der Waals surface area contributed by atoms with Crippen molar-refractivity contribution < 1.29 is 9.53 Å². The Balaban J connectivity index is 1.80. The van der Waals surface area contributed by atoms with Gasteiger partial charge in [0.1, 0.15) is 6.61 Å². The minimum Gasteiger partial charge on any atom is -0.444 e. The fraction of sp³-hybridized carbons (Fsp3) is 0.111. The Morgan fingerprint density at radius 2 is 2.19 bits per heavy atom. The predicted octanol–water partition coefficient (Wildman–Crippen LogP) is 0.948. The predicted molar refractivity (Wildman–Crippen MR) is 54.4 cm³/mol. The quantitative estimate of drug-likeness (QED) is 0.801. The summed E-state index contributed by atoms with van der Waals surface area (Å²) in [6.07, 6.45) is -0.620. The number of amides is 1. The van der Waals surface area contributed by atoms with Gasteiger partial charge in [0.15, 0.2) is 0 Å². The van der Waals surface area contributed by atoms with Crippen molar-refractivity contribution in [2.45, 2.75) is 6.61 Å². The topological polar surface area (TPSA) is 92.8 Å². The molecule has 1 aromatic carbocycles. The molecule has 0 spiro atoms. The second-order valence-electron chi connectivity index (χ2n) is 2.92. The van der Waals surface area contributed by atoms with Gasteiger partial charge in [0, 0.05) is 0 Å². The van der Waals surface area contributed by atoms with Gasteiger partial charge in [-0.1, -0.05) is 35.4 Å². The highest BCUT2D eigenvalue weighted by Gasteiger charge is 2.05. The number of hydrogen-bond acceptors (Lipinski definition) is 5. The summed E-state index contributed by atoms with van der Waals surface area (Å²) in [5, 5.41) is 14.9. The van der Waals surface area contributed by atoms with Crippen molar-refractivity contribution in [3.8, 4) is 0 Å². The fourth-order valence-electron chi connectivity index (χ4n) is 1.07. The second kappa shape index (κ2) is 4.87. The summed E-state index contributed by atoms with van der Waals surface area (Å²) < 4.78 is 4.93. The van der Waals surface area contributed by atoms with Crippen LogP contribution in [0.4, 0.5) is 10.7 Å². The van der Waals surface area contributed by atoms with Crippen molar-refractivity contribution >= 4 is 12.0 Å². The number of carbonyl (C=O) groups is 1. The van der Waals surface area contributed by atoms with E-state index >= 15 is 0 Å². The molecular formula is C9H9N5O2. The summed E-state index contributed by atoms with van der Waals surface area (Å²) >= 11 is 0. The van der Waals surface area contributed by atoms with Crippen LogP contribution in [-0.2, 0) is 11.3 Å². The van der Waals surface area contributed by atoms with E-state index in [4.69, 9.17) is 4.74 Å². The van der Waals surface area contributed by atoms with E-state index in [0.29, 0.717) is 0 Å². The Hall–Kier alpha value is -2.44. The first-order valence-corrected chi connectivity index (χ1v) is 4.56. The summed E-state index contributed by atoms with van der Waals surface area (Å²) in [7, 11) is 0. The lowest BCUT2D eigenvalue weighted by atomic mass is 10.2. The van der Waals surface area contributed by atoms with Crippen LogP contribution in [0.25, 0.3) is 0 Å². The number of aromatic nitrogens is 4. The average molecular weight is 219 g/mol. The van der Waals surface area contributed by atoms with Gasteiger partial charge in [0.05, 0.1) is 0 Å². The zero-order chi connectivity index (χ0) is 11.2. The molecule has 0 aliphatic heterocycles. The number of carbonyl (C=O) groups excluding carboxylic acids is 1. The van der Waals surface area contributed by atoms with Crippen molar-refractivity contribution in [2.24, 2.45) is 0 Å². The van der Waals surface area contributed by atoms with Gasteiger partial charge >= 0.3 is 6.09 Å². The molecule has 2 rings (SSSR count). The maximum atomic E-state index is 11.2. The number of benzene rings is 1. The van der Waals surface area contributed by atoms with Crippen LogP contribution in [0.1, 0.15) is 5.56 Å². The third-order valence-corrected chi connectivity index (χ3v) is 1.77. The van der Waals surface area contributed by atoms with Gasteiger partial charge in [-0.05, 0) is 10.8 Å². The summed E-state index contributed by atoms with van der Waals surface area (Å²) in [6, 6.07) is 9.36. The van der Waals surface area contributed by atoms with Gasteiger partial charge in [-0.25, -0.2) is 4.79 Å². The molecule has 2 aromatic rings. The van der Waals surface area contributed by atoms with Crippen LogP contribution in [-0.4, -0.2) is 26.7 Å². The molecule has 0 aliphatic rings. The van der Waals surface area contributed by atoms with E-state index in [1.807, 2.05) is 30.3 Å². The lowest BCUT2D eigenvalue weighted by molar-refractivity contribution is 0.155. The SMILES string of the molecule is O=C(Nc1nn[nH]n1)OCc1ccccc1. The molecule has 82 valence electrons. The average Bonchev–Trinajstić information content (AvgIpc) is 2.81. The van der Waals surface area contributed by atoms with Gasteiger partial charge in [-0.15, -0.1) is 5.10 Å². The van der Waals surface area contributed by atoms with Crippen molar-refractivity contribution in [1.29, 1.82) is 0 Å². The standard InChI is InChI=1S/C9H9N5O2/c15-9(10-8-11-13-14-12-8)16-6-7-4-2-1-3-5-7/h1-5H,6H2,(H2,10,11,12,13,14,15). The third-order valence-electron chi connectivity index (χ3n) is 1.77. The van der Waals surface area contributed by atoms with Crippen LogP contribution >= 0.6 is 0 Å². The number of tetrazole rings is 1. The van der Waals surface area contributed by atoms with Crippen molar-refractivity contribution in [3.05, 3.63) is 35.9 Å². The van der Waals surface area contributed by atoms with E-state index in [-0.39, 0.29) is 12.6 Å². The van der Waals surface area contributed by atoms with E-state index in [1.165, 1.54) is 0 Å². The van der Waals surface area contributed by atoms with Crippen LogP contribution < -0.4 is 5.32 Å². The molecule has 1 amide bonds. The highest BCUT2D eigenvalue weighted by Crippen LogP contribution is 2.01. The largest absolute Gasteiger partial charge is 0.444 e. The number of nitrogens with one attached hydrogen (secondary N) is 2. The molecule has 7 nitrogen and oxygen atoms in total. The molecule has 0 saturated carbocycles. The maximum Gasteiger partial charge on any atom is 0.414 e. The Morgan fingerprint density at radius 1 is 1.38 bits per heavy atom. The molecule has 1 aromatic heterocycles. The van der Waals surface area contributed by atoms with Crippen molar-refractivity contribution in [1.82, 2.24) is 20.6 Å². The molecule has 0 atom stereocenters. The fourth-order valence-corrected chi connectivity index (χ4v) is 1.07. The van der Waals surface area contributed by atoms with E-state index < -0.39 is 6.09 Å². The van der Waals surface area contributed by atoms with Gasteiger partial charge in [-0.3, -0.25) is 5.32 Å². The number of hydrogen-bond donors (Lipinski definition) is 2. The van der Waals surface area contributed by atoms with E-state index in [1.54, 1.807) is 0 Å². The lowest BCUT2D eigenvalue weighted by Gasteiger charge is -2.03. The van der Waals surface area contributed by atoms with Gasteiger partial charge in [0.25, 0.3) is 5.95 Å². The Bertz CT molecular complexity index is 442. The van der Waals surface area contributed by atoms with E-state index in [9.17, 15) is 4.79 Å². The summed E-state index contributed by atoms with van der Waals surface area (Å²) in [5.41, 5.74) is 0.908. The molecule has 0 bridgehead atoms. The molecular weight excluding hydrogens is 210 g/mol. The molecule has 0 aliphatic carbocycles. The molecule has 0 radical (unpaired) electrons. The smallest absolute Gasteiger partial charge is 0.414 e. The van der Waals surface area contributed by atoms with E-state index in [0.717, 1.165) is 5.56 Å². The van der Waals surface area contributed by atoms with Gasteiger partial charge in [-0.2, -0.15) is 5.21 Å². The zero-order valence-corrected chi connectivity index (χ0v) is 8.25. The third kappa shape index (κ3) is 2.77. The maximum absolute atomic E-state index is 11.2. The summed E-state index contributed by atoms with van der Waals surface area (Å²) in [4.78, 5) is 11.2. The minimum atomic E-state index is -0.620. The molecule has 7 heteroatoms. The number of nitrogens with zero attached hydrogens (tertiary/aromatic N) is 3. The van der Waals surface area contributed by atoms with Crippen LogP contribution in [0.5, 0.6) is 0 Å². The Kier molecular flexibility index (Phi) is 3.07. The van der Waals surface area contributed by atoms with Crippen LogP contribution in [0.15, 0.2) is 30.3 Å². The first kappa shape index (κ1) is 10.1. The second-order valence-corrected chi connectivity index (χ2v) is 2.92. The Labute approximate surface area is 90.8 Å². The molecule has 2 N–H and O–H groups in total. The normalized spacial score (nSPS) is 9.75. The first-order chi connectivity index (χ1) is 7.84. The molecule has 0 unspecified atom stereocenters. The van der Waals surface area contributed by atoms with Crippen molar-refractivity contribution in [2.75, 3.05) is 5.32 Å². The highest BCUT2D eigenvalue weighted by atomic mass is 16.5. The number of ether oxygens (including phenoxy) is 1. The summed E-state index contributed by atoms with van der Waals surface area (Å²) in [5.74, 6) is 0.0815. The number of aromatic amines is 1. The number of rotatable bonds is 3. The van der Waals surface area contributed by atoms with Crippen LogP contribution in [0, 0.1) is 0 Å². The molecule has 0 saturated heterocycles. The van der Waals surface area contributed by atoms with E-state index in [2.05, 4.69) is 25.9 Å². The monoisotopic (exact) mass is 219 g/mol. The first-order valence-electron chi connectivity index (χ1n) is 4.56. The lowest BCUT2D eigenvalue weighted by Crippen LogP contribution is -2.14. The minimum absolute atomic E-state index is 0.0815. The Morgan fingerprint density at radius 3 is 2.88 bits per heavy atom. The zero-order valence-electron chi connectivity index (χ0n) is 8.25. The number of anilines is 1. The van der Waals surface area contributed by atoms with Gasteiger partial charge < -0.3 is 4.74 Å². The molecule has 1 heterocycles. The molecule has 0 fully saturated rings. The summed E-state index contributed by atoms with van der Waals surface area (Å²) in [6.45, 7) is 0.199. The van der Waals surface area contributed by atoms with Crippen LogP contribution in [0.2, 0.25) is 0 Å². The molecule has 16 heavy (non-hydrogen) atoms. The number of H-pyrrole nitrogens is 1. The van der Waals surface area contributed by atoms with Crippen LogP contribution in [0.3, 0.4) is 0 Å². The van der Waals surface area contributed by atoms with Crippen molar-refractivity contribution in [3.63, 3.8) is 0 Å².